The van der Waals surface area contributed by atoms with Crippen LogP contribution >= 0.6 is 0 Å². The van der Waals surface area contributed by atoms with Crippen LogP contribution in [0.5, 0.6) is 0 Å². The van der Waals surface area contributed by atoms with E-state index < -0.39 is 18.2 Å². The molecule has 6 heteroatoms. The number of hydrogen-bond acceptors (Lipinski definition) is 5. The number of carbonyl (C=O) groups excluding carboxylic acids is 2. The minimum Gasteiger partial charge on any atom is -0.462 e. The summed E-state index contributed by atoms with van der Waals surface area (Å²) in [6, 6.07) is -0.717. The summed E-state index contributed by atoms with van der Waals surface area (Å²) in [6.45, 7) is 6.32. The van der Waals surface area contributed by atoms with Crippen LogP contribution in [-0.4, -0.2) is 46.9 Å². The molecule has 0 rings (SSSR count). The lowest BCUT2D eigenvalue weighted by Gasteiger charge is -2.24. The van der Waals surface area contributed by atoms with Gasteiger partial charge >= 0.3 is 5.97 Å². The lowest BCUT2D eigenvalue weighted by atomic mass is 10.0. The normalized spacial score (nSPS) is 13.9. The molecule has 0 saturated heterocycles. The van der Waals surface area contributed by atoms with Gasteiger partial charge in [0.2, 0.25) is 5.91 Å². The van der Waals surface area contributed by atoms with Crippen LogP contribution in [0.2, 0.25) is 0 Å². The summed E-state index contributed by atoms with van der Waals surface area (Å²) < 4.78 is 5.91. The van der Waals surface area contributed by atoms with Crippen molar-refractivity contribution < 1.29 is 24.5 Å². The molecule has 1 amide bonds. The Hall–Kier alpha value is -2.70. The second-order valence-corrected chi connectivity index (χ2v) is 17.3. The number of carbonyl (C=O) groups is 2. The van der Waals surface area contributed by atoms with Crippen molar-refractivity contribution >= 4 is 11.9 Å². The third-order valence-corrected chi connectivity index (χ3v) is 11.4. The first-order valence-corrected chi connectivity index (χ1v) is 25.7. The van der Waals surface area contributed by atoms with E-state index in [4.69, 9.17) is 4.74 Å². The van der Waals surface area contributed by atoms with E-state index in [0.29, 0.717) is 19.3 Å². The molecule has 352 valence electrons. The molecule has 0 heterocycles. The first-order valence-electron chi connectivity index (χ1n) is 25.7. The number of nitrogens with one attached hydrogen (secondary N) is 1. The predicted molar refractivity (Wildman–Crippen MR) is 264 cm³/mol. The summed E-state index contributed by atoms with van der Waals surface area (Å²) in [5.41, 5.74) is 0. The van der Waals surface area contributed by atoms with Crippen molar-refractivity contribution in [3.05, 3.63) is 72.9 Å². The number of rotatable bonds is 45. The fraction of sp³-hybridized carbons (Fsp3) is 0.745. The van der Waals surface area contributed by atoms with Gasteiger partial charge in [0.15, 0.2) is 0 Å². The fourth-order valence-corrected chi connectivity index (χ4v) is 7.50. The molecule has 0 radical (unpaired) electrons. The van der Waals surface area contributed by atoms with Crippen molar-refractivity contribution in [1.29, 1.82) is 0 Å². The van der Waals surface area contributed by atoms with Crippen LogP contribution in [0.1, 0.15) is 239 Å². The SMILES string of the molecule is CC/C=C/C=C/C=C\C=C/C=C/CCCCCC(=O)OC(CCCCC/C=C/CCCCCCCCCCC)CC(=O)NC(CO)C(O)CCCCCCCCCCCCC. The quantitative estimate of drug-likeness (QED) is 0.0245. The topological polar surface area (TPSA) is 95.9 Å². The van der Waals surface area contributed by atoms with Gasteiger partial charge in [0.05, 0.1) is 25.2 Å². The van der Waals surface area contributed by atoms with Crippen molar-refractivity contribution in [1.82, 2.24) is 5.32 Å². The molecule has 0 saturated carbocycles. The zero-order chi connectivity index (χ0) is 44.5. The molecule has 0 fully saturated rings. The predicted octanol–water partition coefficient (Wildman–Crippen LogP) is 15.4. The number of aliphatic hydroxyl groups is 2. The van der Waals surface area contributed by atoms with Gasteiger partial charge in [0.1, 0.15) is 6.10 Å². The molecule has 0 aromatic carbocycles. The van der Waals surface area contributed by atoms with Crippen molar-refractivity contribution in [2.75, 3.05) is 6.61 Å². The van der Waals surface area contributed by atoms with Gasteiger partial charge in [0, 0.05) is 6.42 Å². The van der Waals surface area contributed by atoms with Crippen molar-refractivity contribution in [2.45, 2.75) is 257 Å². The Morgan fingerprint density at radius 1 is 0.492 bits per heavy atom. The molecule has 0 bridgehead atoms. The molecule has 61 heavy (non-hydrogen) atoms. The average molecular weight is 852 g/mol. The van der Waals surface area contributed by atoms with Gasteiger partial charge in [-0.05, 0) is 70.6 Å². The molecule has 0 aliphatic heterocycles. The van der Waals surface area contributed by atoms with Gasteiger partial charge in [-0.25, -0.2) is 0 Å². The third kappa shape index (κ3) is 43.7. The molecular formula is C55H97NO5. The van der Waals surface area contributed by atoms with Gasteiger partial charge in [-0.1, -0.05) is 229 Å². The van der Waals surface area contributed by atoms with Gasteiger partial charge < -0.3 is 20.3 Å². The summed E-state index contributed by atoms with van der Waals surface area (Å²) in [4.78, 5) is 26.1. The Bertz CT molecular complexity index is 1140. The number of aliphatic hydroxyl groups excluding tert-OH is 2. The molecule has 0 aromatic rings. The Balaban J connectivity index is 4.70. The highest BCUT2D eigenvalue weighted by molar-refractivity contribution is 5.77. The molecule has 3 atom stereocenters. The van der Waals surface area contributed by atoms with Crippen LogP contribution in [0.3, 0.4) is 0 Å². The molecule has 0 spiro atoms. The van der Waals surface area contributed by atoms with Gasteiger partial charge in [-0.3, -0.25) is 9.59 Å². The smallest absolute Gasteiger partial charge is 0.306 e. The minimum absolute atomic E-state index is 0.0474. The van der Waals surface area contributed by atoms with E-state index in [2.05, 4.69) is 56.5 Å². The van der Waals surface area contributed by atoms with Crippen LogP contribution < -0.4 is 5.32 Å². The van der Waals surface area contributed by atoms with E-state index in [9.17, 15) is 19.8 Å². The molecule has 3 N–H and O–H groups in total. The van der Waals surface area contributed by atoms with Gasteiger partial charge in [0.25, 0.3) is 0 Å². The van der Waals surface area contributed by atoms with E-state index >= 15 is 0 Å². The molecule has 0 aliphatic carbocycles. The standard InChI is InChI=1S/C55H97NO5/c1-4-7-10-13-16-19-22-24-26-28-29-32-34-37-40-43-46-51(61-55(60)48-45-42-39-36-33-30-27-25-23-20-17-14-11-8-5-2)49-54(59)56-52(50-57)53(58)47-44-41-38-35-31-21-18-15-12-9-6-3/h8,11,14,17,20,23,25,27,29-30,32-33,51-53,57-58H,4-7,9-10,12-13,15-16,18-19,21-22,24,26,28,31,34-50H2,1-3H3,(H,56,59)/b11-8+,17-14+,23-20-,27-25-,32-29+,33-30+. The lowest BCUT2D eigenvalue weighted by Crippen LogP contribution is -2.46. The zero-order valence-electron chi connectivity index (χ0n) is 40.0. The highest BCUT2D eigenvalue weighted by atomic mass is 16.5. The van der Waals surface area contributed by atoms with Crippen LogP contribution in [0.4, 0.5) is 0 Å². The highest BCUT2D eigenvalue weighted by Gasteiger charge is 2.24. The Kier molecular flexibility index (Phi) is 46.2. The van der Waals surface area contributed by atoms with Crippen LogP contribution in [0, 0.1) is 0 Å². The Morgan fingerprint density at radius 3 is 1.41 bits per heavy atom. The summed E-state index contributed by atoms with van der Waals surface area (Å²) in [5, 5.41) is 23.7. The molecule has 3 unspecified atom stereocenters. The fourth-order valence-electron chi connectivity index (χ4n) is 7.50. The largest absolute Gasteiger partial charge is 0.462 e. The highest BCUT2D eigenvalue weighted by Crippen LogP contribution is 2.17. The van der Waals surface area contributed by atoms with Gasteiger partial charge in [-0.15, -0.1) is 0 Å². The average Bonchev–Trinajstić information content (AvgIpc) is 3.25. The number of allylic oxidation sites excluding steroid dienone is 12. The maximum Gasteiger partial charge on any atom is 0.306 e. The van der Waals surface area contributed by atoms with Crippen LogP contribution in [0.15, 0.2) is 72.9 Å². The molecule has 0 aliphatic rings. The second-order valence-electron chi connectivity index (χ2n) is 17.3. The zero-order valence-corrected chi connectivity index (χ0v) is 40.0. The third-order valence-electron chi connectivity index (χ3n) is 11.4. The first-order chi connectivity index (χ1) is 30.0. The monoisotopic (exact) mass is 852 g/mol. The minimum atomic E-state index is -0.801. The van der Waals surface area contributed by atoms with Crippen molar-refractivity contribution in [3.8, 4) is 0 Å². The summed E-state index contributed by atoms with van der Waals surface area (Å²) in [5.74, 6) is -0.539. The summed E-state index contributed by atoms with van der Waals surface area (Å²) >= 11 is 0. The lowest BCUT2D eigenvalue weighted by molar-refractivity contribution is -0.151. The number of esters is 1. The van der Waals surface area contributed by atoms with E-state index in [1.807, 2.05) is 42.5 Å². The number of amides is 1. The first kappa shape index (κ1) is 58.3. The maximum atomic E-state index is 13.2. The van der Waals surface area contributed by atoms with E-state index in [1.54, 1.807) is 0 Å². The van der Waals surface area contributed by atoms with E-state index in [1.165, 1.54) is 109 Å². The number of ether oxygens (including phenoxy) is 1. The number of unbranched alkanes of at least 4 members (excludes halogenated alkanes) is 25. The second kappa shape index (κ2) is 48.3. The Labute approximate surface area is 377 Å². The summed E-state index contributed by atoms with van der Waals surface area (Å²) in [7, 11) is 0. The summed E-state index contributed by atoms with van der Waals surface area (Å²) in [6.07, 6.45) is 61.0. The van der Waals surface area contributed by atoms with E-state index in [0.717, 1.165) is 83.5 Å². The molecular weight excluding hydrogens is 755 g/mol. The van der Waals surface area contributed by atoms with Crippen molar-refractivity contribution in [2.24, 2.45) is 0 Å². The molecule has 6 nitrogen and oxygen atoms in total. The number of hydrogen-bond donors (Lipinski definition) is 3. The Morgan fingerprint density at radius 2 is 0.902 bits per heavy atom. The van der Waals surface area contributed by atoms with Crippen molar-refractivity contribution in [3.63, 3.8) is 0 Å². The van der Waals surface area contributed by atoms with Gasteiger partial charge in [-0.2, -0.15) is 0 Å². The van der Waals surface area contributed by atoms with E-state index in [-0.39, 0.29) is 24.9 Å². The maximum absolute atomic E-state index is 13.2. The van der Waals surface area contributed by atoms with Crippen LogP contribution in [0.25, 0.3) is 0 Å². The molecule has 0 aromatic heterocycles. The van der Waals surface area contributed by atoms with Crippen LogP contribution in [-0.2, 0) is 14.3 Å².